The van der Waals surface area contributed by atoms with E-state index in [0.717, 1.165) is 6.42 Å². The van der Waals surface area contributed by atoms with Crippen LogP contribution in [0.15, 0.2) is 18.2 Å². The van der Waals surface area contributed by atoms with Crippen LogP contribution in [0, 0.1) is 5.92 Å². The molecular formula is C16H17N5O3. The van der Waals surface area contributed by atoms with Gasteiger partial charge in [0.15, 0.2) is 5.69 Å². The molecule has 3 N–H and O–H groups in total. The lowest BCUT2D eigenvalue weighted by atomic mass is 10.0. The van der Waals surface area contributed by atoms with Crippen LogP contribution >= 0.6 is 0 Å². The molecular weight excluding hydrogens is 310 g/mol. The molecule has 24 heavy (non-hydrogen) atoms. The lowest BCUT2D eigenvalue weighted by Crippen LogP contribution is -2.31. The zero-order valence-electron chi connectivity index (χ0n) is 13.4. The van der Waals surface area contributed by atoms with Crippen molar-refractivity contribution >= 4 is 17.7 Å². The third-order valence-electron chi connectivity index (χ3n) is 3.96. The molecule has 0 saturated heterocycles. The van der Waals surface area contributed by atoms with Gasteiger partial charge in [-0.2, -0.15) is 15.4 Å². The fourth-order valence-corrected chi connectivity index (χ4v) is 2.63. The van der Waals surface area contributed by atoms with E-state index in [1.165, 1.54) is 4.90 Å². The van der Waals surface area contributed by atoms with Crippen molar-refractivity contribution < 1.29 is 14.4 Å². The summed E-state index contributed by atoms with van der Waals surface area (Å²) in [6.45, 7) is 4.45. The van der Waals surface area contributed by atoms with E-state index < -0.39 is 5.91 Å². The van der Waals surface area contributed by atoms with Crippen molar-refractivity contribution in [3.8, 4) is 11.3 Å². The largest absolute Gasteiger partial charge is 0.364 e. The van der Waals surface area contributed by atoms with Gasteiger partial charge >= 0.3 is 0 Å². The Labute approximate surface area is 138 Å². The number of carbonyl (C=O) groups is 3. The van der Waals surface area contributed by atoms with E-state index >= 15 is 0 Å². The molecule has 1 aromatic heterocycles. The predicted octanol–water partition coefficient (Wildman–Crippen LogP) is 1.21. The number of primary amides is 1. The molecule has 3 rings (SSSR count). The van der Waals surface area contributed by atoms with Crippen molar-refractivity contribution in [3.05, 3.63) is 35.0 Å². The molecule has 0 fully saturated rings. The Morgan fingerprint density at radius 2 is 1.92 bits per heavy atom. The van der Waals surface area contributed by atoms with Crippen LogP contribution in [-0.2, 0) is 0 Å². The number of hydrogen-bond acceptors (Lipinski definition) is 5. The molecule has 0 saturated carbocycles. The number of rotatable bonds is 5. The number of nitrogens with zero attached hydrogens (tertiary/aromatic N) is 3. The van der Waals surface area contributed by atoms with Crippen molar-refractivity contribution in [2.75, 3.05) is 6.54 Å². The lowest BCUT2D eigenvalue weighted by molar-refractivity contribution is 0.0647. The Bertz CT molecular complexity index is 840. The topological polar surface area (TPSA) is 122 Å². The summed E-state index contributed by atoms with van der Waals surface area (Å²) in [5, 5.41) is 9.96. The van der Waals surface area contributed by atoms with Crippen LogP contribution in [0.5, 0.6) is 0 Å². The normalized spacial score (nSPS) is 13.7. The summed E-state index contributed by atoms with van der Waals surface area (Å²) in [6.07, 6.45) is 0.743. The molecule has 0 aliphatic carbocycles. The maximum atomic E-state index is 12.5. The molecule has 0 radical (unpaired) electrons. The van der Waals surface area contributed by atoms with Crippen LogP contribution in [0.2, 0.25) is 0 Å². The summed E-state index contributed by atoms with van der Waals surface area (Å²) < 4.78 is 0. The molecule has 1 aromatic carbocycles. The minimum atomic E-state index is -0.722. The first-order valence-electron chi connectivity index (χ1n) is 7.61. The van der Waals surface area contributed by atoms with E-state index in [4.69, 9.17) is 5.73 Å². The Morgan fingerprint density at radius 3 is 2.58 bits per heavy atom. The van der Waals surface area contributed by atoms with Gasteiger partial charge in [0.2, 0.25) is 0 Å². The van der Waals surface area contributed by atoms with Crippen LogP contribution in [0.4, 0.5) is 0 Å². The Morgan fingerprint density at radius 1 is 1.21 bits per heavy atom. The summed E-state index contributed by atoms with van der Waals surface area (Å²) in [4.78, 5) is 37.6. The quantitative estimate of drug-likeness (QED) is 0.799. The zero-order valence-corrected chi connectivity index (χ0v) is 13.4. The highest BCUT2D eigenvalue weighted by Crippen LogP contribution is 2.29. The summed E-state index contributed by atoms with van der Waals surface area (Å²) in [7, 11) is 0. The van der Waals surface area contributed by atoms with Crippen molar-refractivity contribution in [2.45, 2.75) is 20.3 Å². The second kappa shape index (κ2) is 5.88. The third kappa shape index (κ3) is 2.55. The number of nitrogens with one attached hydrogen (secondary N) is 1. The van der Waals surface area contributed by atoms with Crippen molar-refractivity contribution in [3.63, 3.8) is 0 Å². The molecule has 124 valence electrons. The van der Waals surface area contributed by atoms with Gasteiger partial charge in [0, 0.05) is 12.1 Å². The first kappa shape index (κ1) is 15.9. The lowest BCUT2D eigenvalue weighted by Gasteiger charge is -2.14. The second-order valence-corrected chi connectivity index (χ2v) is 6.09. The fourth-order valence-electron chi connectivity index (χ4n) is 2.63. The number of nitrogens with two attached hydrogens (primary N) is 1. The van der Waals surface area contributed by atoms with Crippen LogP contribution in [0.25, 0.3) is 11.3 Å². The Balaban J connectivity index is 1.96. The average molecular weight is 327 g/mol. The molecule has 0 unspecified atom stereocenters. The number of benzene rings is 1. The average Bonchev–Trinajstić information content (AvgIpc) is 3.11. The number of aromatic amines is 1. The molecule has 3 amide bonds. The molecule has 0 spiro atoms. The van der Waals surface area contributed by atoms with Gasteiger partial charge in [-0.3, -0.25) is 19.3 Å². The number of imide groups is 1. The maximum absolute atomic E-state index is 12.5. The number of aromatic nitrogens is 3. The summed E-state index contributed by atoms with van der Waals surface area (Å²) in [6, 6.07) is 4.75. The highest BCUT2D eigenvalue weighted by atomic mass is 16.2. The summed E-state index contributed by atoms with van der Waals surface area (Å²) >= 11 is 0. The molecule has 8 heteroatoms. The third-order valence-corrected chi connectivity index (χ3v) is 3.96. The first-order chi connectivity index (χ1) is 11.4. The number of amides is 3. The SMILES string of the molecule is CC(C)CCN1C(=O)c2ccc(-c3n[nH]nc3C(N)=O)cc2C1=O. The van der Waals surface area contributed by atoms with Gasteiger partial charge in [0.1, 0.15) is 5.69 Å². The molecule has 2 aromatic rings. The molecule has 1 aliphatic heterocycles. The van der Waals surface area contributed by atoms with Crippen LogP contribution in [0.1, 0.15) is 51.5 Å². The number of carbonyl (C=O) groups excluding carboxylic acids is 3. The Hall–Kier alpha value is -3.03. The highest BCUT2D eigenvalue weighted by molar-refractivity contribution is 6.21. The second-order valence-electron chi connectivity index (χ2n) is 6.09. The van der Waals surface area contributed by atoms with Gasteiger partial charge in [-0.25, -0.2) is 0 Å². The number of hydrogen-bond donors (Lipinski definition) is 2. The van der Waals surface area contributed by atoms with Gasteiger partial charge in [-0.1, -0.05) is 19.9 Å². The minimum absolute atomic E-state index is 0.0108. The number of fused-ring (bicyclic) bond motifs is 1. The minimum Gasteiger partial charge on any atom is -0.364 e. The van der Waals surface area contributed by atoms with Crippen LogP contribution in [-0.4, -0.2) is 44.6 Å². The van der Waals surface area contributed by atoms with Gasteiger partial charge in [0.25, 0.3) is 17.7 Å². The van der Waals surface area contributed by atoms with E-state index in [1.54, 1.807) is 18.2 Å². The highest BCUT2D eigenvalue weighted by Gasteiger charge is 2.35. The molecule has 0 atom stereocenters. The summed E-state index contributed by atoms with van der Waals surface area (Å²) in [5.74, 6) is -0.961. The van der Waals surface area contributed by atoms with Gasteiger partial charge < -0.3 is 5.73 Å². The van der Waals surface area contributed by atoms with E-state index in [2.05, 4.69) is 15.4 Å². The van der Waals surface area contributed by atoms with E-state index in [-0.39, 0.29) is 23.2 Å². The van der Waals surface area contributed by atoms with Crippen LogP contribution in [0.3, 0.4) is 0 Å². The predicted molar refractivity (Wildman–Crippen MR) is 85.2 cm³/mol. The Kier molecular flexibility index (Phi) is 3.88. The zero-order chi connectivity index (χ0) is 17.4. The van der Waals surface area contributed by atoms with Gasteiger partial charge in [0.05, 0.1) is 11.1 Å². The van der Waals surface area contributed by atoms with E-state index in [1.807, 2.05) is 13.8 Å². The molecule has 1 aliphatic rings. The molecule has 8 nitrogen and oxygen atoms in total. The van der Waals surface area contributed by atoms with Crippen molar-refractivity contribution in [1.82, 2.24) is 20.3 Å². The number of H-pyrrole nitrogens is 1. The standard InChI is InChI=1S/C16H17N5O3/c1-8(2)5-6-21-15(23)10-4-3-9(7-11(10)16(21)24)12-13(14(17)22)19-20-18-12/h3-4,7-8H,5-6H2,1-2H3,(H2,17,22)(H,18,19,20). The smallest absolute Gasteiger partial charge is 0.271 e. The monoisotopic (exact) mass is 327 g/mol. The van der Waals surface area contributed by atoms with E-state index in [0.29, 0.717) is 29.2 Å². The van der Waals surface area contributed by atoms with Crippen molar-refractivity contribution in [1.29, 1.82) is 0 Å². The van der Waals surface area contributed by atoms with Gasteiger partial charge in [-0.05, 0) is 24.5 Å². The first-order valence-corrected chi connectivity index (χ1v) is 7.61. The van der Waals surface area contributed by atoms with Gasteiger partial charge in [-0.15, -0.1) is 0 Å². The van der Waals surface area contributed by atoms with Crippen molar-refractivity contribution in [2.24, 2.45) is 11.7 Å². The maximum Gasteiger partial charge on any atom is 0.271 e. The summed E-state index contributed by atoms with van der Waals surface area (Å²) in [5.41, 5.74) is 6.67. The van der Waals surface area contributed by atoms with E-state index in [9.17, 15) is 14.4 Å². The fraction of sp³-hybridized carbons (Fsp3) is 0.312. The molecule has 2 heterocycles. The van der Waals surface area contributed by atoms with Crippen LogP contribution < -0.4 is 5.73 Å². The molecule has 0 bridgehead atoms.